The number of Topliss-reactive ketones (excluding diaryl/α,β-unsaturated/α-hetero) is 1. The molecule has 0 saturated heterocycles. The quantitative estimate of drug-likeness (QED) is 0.620. The standard InChI is InChI=1S/C11H9NO2S2/c1-7-10(3-9(4-13)16-7)11(14)2-8-5-15-6-12-8/h3-6H,2H2,1H3. The maximum Gasteiger partial charge on any atom is 0.169 e. The lowest BCUT2D eigenvalue weighted by atomic mass is 10.1. The largest absolute Gasteiger partial charge is 0.297 e. The number of nitrogens with zero attached hydrogens (tertiary/aromatic N) is 1. The molecule has 0 unspecified atom stereocenters. The molecule has 0 saturated carbocycles. The van der Waals surface area contributed by atoms with E-state index in [0.29, 0.717) is 16.9 Å². The van der Waals surface area contributed by atoms with E-state index in [1.807, 2.05) is 12.3 Å². The average molecular weight is 251 g/mol. The van der Waals surface area contributed by atoms with Crippen LogP contribution in [-0.4, -0.2) is 17.1 Å². The zero-order chi connectivity index (χ0) is 11.5. The third-order valence-corrected chi connectivity index (χ3v) is 3.79. The van der Waals surface area contributed by atoms with Crippen molar-refractivity contribution in [3.8, 4) is 0 Å². The van der Waals surface area contributed by atoms with Crippen LogP contribution in [0.3, 0.4) is 0 Å². The number of rotatable bonds is 4. The Hall–Kier alpha value is -1.33. The number of hydrogen-bond donors (Lipinski definition) is 0. The molecule has 2 aromatic heterocycles. The molecular formula is C11H9NO2S2. The van der Waals surface area contributed by atoms with Gasteiger partial charge in [0.15, 0.2) is 12.1 Å². The molecule has 0 atom stereocenters. The van der Waals surface area contributed by atoms with Gasteiger partial charge in [-0.15, -0.1) is 22.7 Å². The van der Waals surface area contributed by atoms with Gasteiger partial charge in [0.25, 0.3) is 0 Å². The Balaban J connectivity index is 2.20. The second kappa shape index (κ2) is 4.67. The Bertz CT molecular complexity index is 514. The van der Waals surface area contributed by atoms with Gasteiger partial charge < -0.3 is 0 Å². The number of ketones is 1. The molecule has 0 aliphatic rings. The van der Waals surface area contributed by atoms with E-state index < -0.39 is 0 Å². The number of thiophene rings is 1. The van der Waals surface area contributed by atoms with Crippen LogP contribution in [0.2, 0.25) is 0 Å². The van der Waals surface area contributed by atoms with Gasteiger partial charge in [-0.3, -0.25) is 9.59 Å². The second-order valence-corrected chi connectivity index (χ2v) is 5.32. The molecule has 16 heavy (non-hydrogen) atoms. The molecule has 5 heteroatoms. The molecule has 2 heterocycles. The molecule has 2 aromatic rings. The van der Waals surface area contributed by atoms with Gasteiger partial charge in [-0.2, -0.15) is 0 Å². The number of aryl methyl sites for hydroxylation is 1. The van der Waals surface area contributed by atoms with Crippen molar-refractivity contribution in [1.82, 2.24) is 4.98 Å². The van der Waals surface area contributed by atoms with Crippen molar-refractivity contribution in [2.75, 3.05) is 0 Å². The van der Waals surface area contributed by atoms with E-state index in [1.165, 1.54) is 22.7 Å². The van der Waals surface area contributed by atoms with Crippen molar-refractivity contribution in [3.05, 3.63) is 38.0 Å². The molecule has 0 aliphatic heterocycles. The van der Waals surface area contributed by atoms with Gasteiger partial charge in [0.05, 0.1) is 22.5 Å². The predicted molar refractivity (Wildman–Crippen MR) is 64.6 cm³/mol. The lowest BCUT2D eigenvalue weighted by Crippen LogP contribution is -2.03. The summed E-state index contributed by atoms with van der Waals surface area (Å²) in [7, 11) is 0. The van der Waals surface area contributed by atoms with E-state index in [9.17, 15) is 9.59 Å². The molecular weight excluding hydrogens is 242 g/mol. The first-order valence-corrected chi connectivity index (χ1v) is 6.42. The van der Waals surface area contributed by atoms with E-state index in [1.54, 1.807) is 11.6 Å². The Morgan fingerprint density at radius 2 is 2.38 bits per heavy atom. The van der Waals surface area contributed by atoms with Gasteiger partial charge in [0.2, 0.25) is 0 Å². The van der Waals surface area contributed by atoms with Gasteiger partial charge in [-0.1, -0.05) is 0 Å². The second-order valence-electron chi connectivity index (χ2n) is 3.32. The van der Waals surface area contributed by atoms with Crippen LogP contribution in [0.5, 0.6) is 0 Å². The number of aldehydes is 1. The highest BCUT2D eigenvalue weighted by Crippen LogP contribution is 2.21. The smallest absolute Gasteiger partial charge is 0.169 e. The first-order chi connectivity index (χ1) is 7.70. The summed E-state index contributed by atoms with van der Waals surface area (Å²) in [4.78, 5) is 28.1. The Labute approximate surface area is 101 Å². The van der Waals surface area contributed by atoms with Crippen LogP contribution >= 0.6 is 22.7 Å². The number of aromatic nitrogens is 1. The molecule has 0 radical (unpaired) electrons. The number of hydrogen-bond acceptors (Lipinski definition) is 5. The third kappa shape index (κ3) is 2.25. The van der Waals surface area contributed by atoms with E-state index in [2.05, 4.69) is 4.98 Å². The van der Waals surface area contributed by atoms with Crippen LogP contribution in [-0.2, 0) is 6.42 Å². The van der Waals surface area contributed by atoms with Gasteiger partial charge in [-0.05, 0) is 13.0 Å². The van der Waals surface area contributed by atoms with Crippen molar-refractivity contribution < 1.29 is 9.59 Å². The van der Waals surface area contributed by atoms with Crippen LogP contribution in [0.15, 0.2) is 17.0 Å². The van der Waals surface area contributed by atoms with E-state index in [4.69, 9.17) is 0 Å². The molecule has 0 bridgehead atoms. The normalized spacial score (nSPS) is 10.3. The Morgan fingerprint density at radius 1 is 1.56 bits per heavy atom. The van der Waals surface area contributed by atoms with Crippen LogP contribution < -0.4 is 0 Å². The van der Waals surface area contributed by atoms with Crippen LogP contribution in [0.4, 0.5) is 0 Å². The van der Waals surface area contributed by atoms with Crippen molar-refractivity contribution in [3.63, 3.8) is 0 Å². The molecule has 0 aliphatic carbocycles. The summed E-state index contributed by atoms with van der Waals surface area (Å²) in [5, 5.41) is 1.86. The predicted octanol–water partition coefficient (Wildman–Crippen LogP) is 2.75. The third-order valence-electron chi connectivity index (χ3n) is 2.18. The summed E-state index contributed by atoms with van der Waals surface area (Å²) in [6.07, 6.45) is 1.08. The lowest BCUT2D eigenvalue weighted by molar-refractivity contribution is 0.0992. The molecule has 3 nitrogen and oxygen atoms in total. The summed E-state index contributed by atoms with van der Waals surface area (Å²) in [6.45, 7) is 1.85. The van der Waals surface area contributed by atoms with Gasteiger partial charge in [0.1, 0.15) is 0 Å². The highest BCUT2D eigenvalue weighted by Gasteiger charge is 2.14. The van der Waals surface area contributed by atoms with Gasteiger partial charge in [0, 0.05) is 15.8 Å². The molecule has 82 valence electrons. The lowest BCUT2D eigenvalue weighted by Gasteiger charge is -1.96. The maximum absolute atomic E-state index is 11.9. The topological polar surface area (TPSA) is 47.0 Å². The minimum Gasteiger partial charge on any atom is -0.297 e. The molecule has 0 amide bonds. The minimum absolute atomic E-state index is 0.0211. The number of carbonyl (C=O) groups excluding carboxylic acids is 2. The van der Waals surface area contributed by atoms with Crippen LogP contribution in [0, 0.1) is 6.92 Å². The van der Waals surface area contributed by atoms with Crippen molar-refractivity contribution in [1.29, 1.82) is 0 Å². The van der Waals surface area contributed by atoms with Crippen LogP contribution in [0.25, 0.3) is 0 Å². The molecule has 2 rings (SSSR count). The summed E-state index contributed by atoms with van der Waals surface area (Å²) in [6, 6.07) is 1.65. The summed E-state index contributed by atoms with van der Waals surface area (Å²) >= 11 is 2.82. The highest BCUT2D eigenvalue weighted by atomic mass is 32.1. The molecule has 0 spiro atoms. The Morgan fingerprint density at radius 3 is 2.94 bits per heavy atom. The number of thiazole rings is 1. The number of carbonyl (C=O) groups is 2. The van der Waals surface area contributed by atoms with E-state index in [0.717, 1.165) is 16.9 Å². The SMILES string of the molecule is Cc1sc(C=O)cc1C(=O)Cc1cscn1. The van der Waals surface area contributed by atoms with Gasteiger partial charge in [-0.25, -0.2) is 4.98 Å². The maximum atomic E-state index is 11.9. The first-order valence-electron chi connectivity index (χ1n) is 4.66. The monoisotopic (exact) mass is 251 g/mol. The van der Waals surface area contributed by atoms with Crippen LogP contribution in [0.1, 0.15) is 30.6 Å². The molecule has 0 fully saturated rings. The van der Waals surface area contributed by atoms with E-state index >= 15 is 0 Å². The minimum atomic E-state index is 0.0211. The van der Waals surface area contributed by atoms with E-state index in [-0.39, 0.29) is 5.78 Å². The average Bonchev–Trinajstić information content (AvgIpc) is 2.87. The van der Waals surface area contributed by atoms with Gasteiger partial charge >= 0.3 is 0 Å². The van der Waals surface area contributed by atoms with Crippen molar-refractivity contribution in [2.24, 2.45) is 0 Å². The molecule has 0 N–H and O–H groups in total. The fraction of sp³-hybridized carbons (Fsp3) is 0.182. The first kappa shape index (κ1) is 11.2. The summed E-state index contributed by atoms with van der Waals surface area (Å²) in [5.74, 6) is 0.0211. The molecule has 0 aromatic carbocycles. The van der Waals surface area contributed by atoms with Crippen molar-refractivity contribution in [2.45, 2.75) is 13.3 Å². The highest BCUT2D eigenvalue weighted by molar-refractivity contribution is 7.14. The van der Waals surface area contributed by atoms with Crippen molar-refractivity contribution >= 4 is 34.7 Å². The Kier molecular flexibility index (Phi) is 3.26. The fourth-order valence-electron chi connectivity index (χ4n) is 1.42. The zero-order valence-corrected chi connectivity index (χ0v) is 10.2. The fourth-order valence-corrected chi connectivity index (χ4v) is 2.84. The summed E-state index contributed by atoms with van der Waals surface area (Å²) < 4.78 is 0. The summed E-state index contributed by atoms with van der Waals surface area (Å²) in [5.41, 5.74) is 3.13. The zero-order valence-electron chi connectivity index (χ0n) is 8.60.